The zero-order valence-electron chi connectivity index (χ0n) is 12.7. The molecule has 128 valence electrons. The van der Waals surface area contributed by atoms with Crippen LogP contribution >= 0.6 is 23.2 Å². The standard InChI is InChI=1S/C16H14Cl2O5S/c1-24(20,21)15-5-3-2-4-12(15)16(19)23-9-8-22-14-7-6-11(17)10-13(14)18/h2-7,10H,8-9H2,1H3. The molecule has 0 amide bonds. The van der Waals surface area contributed by atoms with E-state index < -0.39 is 15.8 Å². The Bertz CT molecular complexity index is 849. The van der Waals surface area contributed by atoms with Crippen molar-refractivity contribution in [3.05, 3.63) is 58.1 Å². The van der Waals surface area contributed by atoms with Gasteiger partial charge in [-0.1, -0.05) is 35.3 Å². The third-order valence-electron chi connectivity index (χ3n) is 2.97. The second kappa shape index (κ2) is 7.88. The molecule has 0 aromatic heterocycles. The van der Waals surface area contributed by atoms with Gasteiger partial charge in [-0.15, -0.1) is 0 Å². The number of esters is 1. The minimum absolute atomic E-state index is 0.00970. The first-order valence-electron chi connectivity index (χ1n) is 6.83. The fourth-order valence-electron chi connectivity index (χ4n) is 1.91. The molecule has 0 saturated heterocycles. The van der Waals surface area contributed by atoms with E-state index in [2.05, 4.69) is 0 Å². The largest absolute Gasteiger partial charge is 0.488 e. The smallest absolute Gasteiger partial charge is 0.339 e. The highest BCUT2D eigenvalue weighted by Gasteiger charge is 2.19. The molecule has 24 heavy (non-hydrogen) atoms. The normalized spacial score (nSPS) is 11.1. The molecule has 0 saturated carbocycles. The van der Waals surface area contributed by atoms with Crippen LogP contribution in [0.4, 0.5) is 0 Å². The van der Waals surface area contributed by atoms with Gasteiger partial charge in [0.25, 0.3) is 0 Å². The summed E-state index contributed by atoms with van der Waals surface area (Å²) in [6.07, 6.45) is 1.03. The van der Waals surface area contributed by atoms with E-state index in [1.54, 1.807) is 24.3 Å². The van der Waals surface area contributed by atoms with E-state index in [0.717, 1.165) is 6.26 Å². The maximum Gasteiger partial charge on any atom is 0.339 e. The van der Waals surface area contributed by atoms with Crippen LogP contribution in [-0.2, 0) is 14.6 Å². The summed E-state index contributed by atoms with van der Waals surface area (Å²) in [5, 5.41) is 0.826. The van der Waals surface area contributed by atoms with Crippen molar-refractivity contribution in [3.63, 3.8) is 0 Å². The van der Waals surface area contributed by atoms with E-state index in [4.69, 9.17) is 32.7 Å². The molecule has 0 unspecified atom stereocenters. The van der Waals surface area contributed by atoms with Crippen LogP contribution in [0.25, 0.3) is 0 Å². The highest BCUT2D eigenvalue weighted by atomic mass is 35.5. The van der Waals surface area contributed by atoms with Gasteiger partial charge >= 0.3 is 5.97 Å². The number of hydrogen-bond acceptors (Lipinski definition) is 5. The first-order chi connectivity index (χ1) is 11.3. The number of carbonyl (C=O) groups is 1. The topological polar surface area (TPSA) is 69.7 Å². The molecule has 0 fully saturated rings. The zero-order chi connectivity index (χ0) is 17.7. The Hall–Kier alpha value is -1.76. The van der Waals surface area contributed by atoms with Gasteiger partial charge in [0.2, 0.25) is 0 Å². The van der Waals surface area contributed by atoms with E-state index in [-0.39, 0.29) is 23.7 Å². The molecule has 8 heteroatoms. The van der Waals surface area contributed by atoms with Gasteiger partial charge in [-0.2, -0.15) is 0 Å². The third kappa shape index (κ3) is 4.87. The number of halogens is 2. The lowest BCUT2D eigenvalue weighted by atomic mass is 10.2. The predicted molar refractivity (Wildman–Crippen MR) is 91.8 cm³/mol. The number of hydrogen-bond donors (Lipinski definition) is 0. The summed E-state index contributed by atoms with van der Waals surface area (Å²) in [5.41, 5.74) is -0.00970. The van der Waals surface area contributed by atoms with Gasteiger partial charge in [-0.05, 0) is 30.3 Å². The van der Waals surface area contributed by atoms with Crippen molar-refractivity contribution in [2.45, 2.75) is 4.90 Å². The van der Waals surface area contributed by atoms with E-state index in [1.165, 1.54) is 18.2 Å². The fourth-order valence-corrected chi connectivity index (χ4v) is 3.25. The van der Waals surface area contributed by atoms with E-state index in [0.29, 0.717) is 15.8 Å². The number of rotatable bonds is 6. The van der Waals surface area contributed by atoms with Crippen LogP contribution in [0.2, 0.25) is 10.0 Å². The molecule has 0 aliphatic rings. The Morgan fingerprint density at radius 3 is 2.46 bits per heavy atom. The van der Waals surface area contributed by atoms with Crippen molar-refractivity contribution < 1.29 is 22.7 Å². The second-order valence-corrected chi connectivity index (χ2v) is 7.66. The molecular formula is C16H14Cl2O5S. The molecule has 0 heterocycles. The van der Waals surface area contributed by atoms with Gasteiger partial charge < -0.3 is 9.47 Å². The molecule has 2 aromatic carbocycles. The molecule has 0 N–H and O–H groups in total. The lowest BCUT2D eigenvalue weighted by Crippen LogP contribution is -2.15. The van der Waals surface area contributed by atoms with Crippen LogP contribution in [0.15, 0.2) is 47.4 Å². The maximum atomic E-state index is 12.0. The Kier molecular flexibility index (Phi) is 6.10. The molecule has 0 atom stereocenters. The average Bonchev–Trinajstić information content (AvgIpc) is 2.52. The van der Waals surface area contributed by atoms with Crippen molar-refractivity contribution in [2.75, 3.05) is 19.5 Å². The SMILES string of the molecule is CS(=O)(=O)c1ccccc1C(=O)OCCOc1ccc(Cl)cc1Cl. The lowest BCUT2D eigenvalue weighted by Gasteiger charge is -2.10. The van der Waals surface area contributed by atoms with Gasteiger partial charge in [-0.3, -0.25) is 0 Å². The molecule has 0 aliphatic heterocycles. The van der Waals surface area contributed by atoms with Gasteiger partial charge in [0.1, 0.15) is 19.0 Å². The van der Waals surface area contributed by atoms with Crippen molar-refractivity contribution in [2.24, 2.45) is 0 Å². The summed E-state index contributed by atoms with van der Waals surface area (Å²) in [4.78, 5) is 12.0. The Balaban J connectivity index is 1.95. The first kappa shape index (κ1) is 18.6. The lowest BCUT2D eigenvalue weighted by molar-refractivity contribution is 0.0446. The Morgan fingerprint density at radius 2 is 1.79 bits per heavy atom. The first-order valence-corrected chi connectivity index (χ1v) is 9.48. The van der Waals surface area contributed by atoms with Crippen LogP contribution in [-0.4, -0.2) is 33.9 Å². The Labute approximate surface area is 150 Å². The maximum absolute atomic E-state index is 12.0. The van der Waals surface area contributed by atoms with Crippen LogP contribution in [0.5, 0.6) is 5.75 Å². The fraction of sp³-hybridized carbons (Fsp3) is 0.188. The molecule has 5 nitrogen and oxygen atoms in total. The van der Waals surface area contributed by atoms with Crippen molar-refractivity contribution >= 4 is 39.0 Å². The molecule has 0 bridgehead atoms. The van der Waals surface area contributed by atoms with Gasteiger partial charge in [0.05, 0.1) is 15.5 Å². The minimum atomic E-state index is -3.52. The van der Waals surface area contributed by atoms with Crippen molar-refractivity contribution in [1.82, 2.24) is 0 Å². The third-order valence-corrected chi connectivity index (χ3v) is 4.66. The van der Waals surface area contributed by atoms with Crippen LogP contribution < -0.4 is 4.74 Å². The highest BCUT2D eigenvalue weighted by Crippen LogP contribution is 2.27. The molecule has 0 radical (unpaired) electrons. The van der Waals surface area contributed by atoms with Crippen LogP contribution in [0.1, 0.15) is 10.4 Å². The van der Waals surface area contributed by atoms with Crippen molar-refractivity contribution in [3.8, 4) is 5.75 Å². The molecule has 0 aliphatic carbocycles. The highest BCUT2D eigenvalue weighted by molar-refractivity contribution is 7.90. The average molecular weight is 389 g/mol. The van der Waals surface area contributed by atoms with Gasteiger partial charge in [-0.25, -0.2) is 13.2 Å². The number of carbonyl (C=O) groups excluding carboxylic acids is 1. The van der Waals surface area contributed by atoms with Gasteiger partial charge in [0, 0.05) is 11.3 Å². The van der Waals surface area contributed by atoms with Crippen LogP contribution in [0.3, 0.4) is 0 Å². The predicted octanol–water partition coefficient (Wildman–Crippen LogP) is 3.63. The quantitative estimate of drug-likeness (QED) is 0.558. The molecule has 2 rings (SSSR count). The summed E-state index contributed by atoms with van der Waals surface area (Å²) in [7, 11) is -3.52. The van der Waals surface area contributed by atoms with Crippen LogP contribution in [0, 0.1) is 0 Å². The summed E-state index contributed by atoms with van der Waals surface area (Å²) in [5.74, 6) is -0.324. The molecular weight excluding hydrogens is 375 g/mol. The monoisotopic (exact) mass is 388 g/mol. The number of ether oxygens (including phenoxy) is 2. The Morgan fingerprint density at radius 1 is 1.08 bits per heavy atom. The van der Waals surface area contributed by atoms with E-state index >= 15 is 0 Å². The number of sulfone groups is 1. The summed E-state index contributed by atoms with van der Waals surface area (Å²) >= 11 is 11.7. The molecule has 2 aromatic rings. The van der Waals surface area contributed by atoms with Gasteiger partial charge in [0.15, 0.2) is 9.84 Å². The van der Waals surface area contributed by atoms with E-state index in [9.17, 15) is 13.2 Å². The second-order valence-electron chi connectivity index (χ2n) is 4.83. The summed E-state index contributed by atoms with van der Waals surface area (Å²) < 4.78 is 33.8. The summed E-state index contributed by atoms with van der Waals surface area (Å²) in [6, 6.07) is 10.6. The number of benzene rings is 2. The minimum Gasteiger partial charge on any atom is -0.488 e. The summed E-state index contributed by atoms with van der Waals surface area (Å²) in [6.45, 7) is 0.00399. The van der Waals surface area contributed by atoms with E-state index in [1.807, 2.05) is 0 Å². The molecule has 0 spiro atoms. The van der Waals surface area contributed by atoms with Crippen molar-refractivity contribution in [1.29, 1.82) is 0 Å². The zero-order valence-corrected chi connectivity index (χ0v) is 15.0.